The van der Waals surface area contributed by atoms with Crippen molar-refractivity contribution in [2.24, 2.45) is 0 Å². The van der Waals surface area contributed by atoms with Crippen LogP contribution in [-0.2, 0) is 9.47 Å². The highest BCUT2D eigenvalue weighted by Gasteiger charge is 2.07. The van der Waals surface area contributed by atoms with Gasteiger partial charge in [0.1, 0.15) is 0 Å². The molecule has 0 radical (unpaired) electrons. The molecule has 0 fully saturated rings. The van der Waals surface area contributed by atoms with Crippen molar-refractivity contribution in [2.45, 2.75) is 200 Å². The molecule has 0 saturated heterocycles. The largest absolute Gasteiger partial charge is 0.379 e. The Morgan fingerprint density at radius 2 is 0.684 bits per heavy atom. The second-order valence-corrected chi connectivity index (χ2v) is 12.8. The summed E-state index contributed by atoms with van der Waals surface area (Å²) >= 11 is 2.45. The molecule has 0 saturated carbocycles. The summed E-state index contributed by atoms with van der Waals surface area (Å²) in [4.78, 5) is 0. The first kappa shape index (κ1) is 38.6. The molecule has 0 bridgehead atoms. The van der Waals surface area contributed by atoms with Crippen molar-refractivity contribution < 1.29 is 9.47 Å². The third-order valence-electron chi connectivity index (χ3n) is 7.97. The quantitative estimate of drug-likeness (QED) is 0.0392. The minimum atomic E-state index is 0.282. The van der Waals surface area contributed by atoms with Crippen LogP contribution in [0.15, 0.2) is 0 Å². The van der Waals surface area contributed by atoms with Crippen LogP contribution in [0.4, 0.5) is 0 Å². The molecular weight excluding hydrogens is 579 g/mol. The van der Waals surface area contributed by atoms with E-state index < -0.39 is 0 Å². The molecule has 230 valence electrons. The molecule has 0 unspecified atom stereocenters. The SMILES string of the molecule is CCCCCCCCCCCCCCCCOC[C@H](CI)OCCCCCCCCCCCCCCCC. The standard InChI is InChI=1S/C35H71IO2/c1-3-5-7-9-11-13-15-17-19-21-23-25-27-29-31-37-34-35(33-36)38-32-30-28-26-24-22-20-18-16-14-12-10-8-6-4-2/h35H,3-34H2,1-2H3/t35-/m0/s1. The number of hydrogen-bond acceptors (Lipinski definition) is 2. The van der Waals surface area contributed by atoms with Gasteiger partial charge in [-0.15, -0.1) is 0 Å². The highest BCUT2D eigenvalue weighted by molar-refractivity contribution is 14.1. The van der Waals surface area contributed by atoms with Gasteiger partial charge in [-0.25, -0.2) is 0 Å². The van der Waals surface area contributed by atoms with Gasteiger partial charge in [-0.3, -0.25) is 0 Å². The minimum Gasteiger partial charge on any atom is -0.379 e. The Bertz CT molecular complexity index is 403. The zero-order chi connectivity index (χ0) is 27.6. The molecule has 0 aromatic rings. The predicted molar refractivity (Wildman–Crippen MR) is 180 cm³/mol. The fourth-order valence-corrected chi connectivity index (χ4v) is 5.81. The van der Waals surface area contributed by atoms with Gasteiger partial charge in [0.25, 0.3) is 0 Å². The van der Waals surface area contributed by atoms with E-state index in [1.54, 1.807) is 0 Å². The van der Waals surface area contributed by atoms with Crippen LogP contribution in [0.1, 0.15) is 194 Å². The normalized spacial score (nSPS) is 12.4. The number of unbranched alkanes of at least 4 members (excludes halogenated alkanes) is 26. The van der Waals surface area contributed by atoms with Crippen LogP contribution in [0.5, 0.6) is 0 Å². The number of halogens is 1. The van der Waals surface area contributed by atoms with Crippen molar-refractivity contribution in [3.05, 3.63) is 0 Å². The van der Waals surface area contributed by atoms with Crippen LogP contribution in [0.25, 0.3) is 0 Å². The van der Waals surface area contributed by atoms with Crippen LogP contribution in [0.3, 0.4) is 0 Å². The topological polar surface area (TPSA) is 18.5 Å². The van der Waals surface area contributed by atoms with Crippen LogP contribution in [0.2, 0.25) is 0 Å². The summed E-state index contributed by atoms with van der Waals surface area (Å²) in [6, 6.07) is 0. The minimum absolute atomic E-state index is 0.282. The van der Waals surface area contributed by atoms with Crippen molar-refractivity contribution in [3.63, 3.8) is 0 Å². The average Bonchev–Trinajstić information content (AvgIpc) is 2.93. The van der Waals surface area contributed by atoms with E-state index in [0.29, 0.717) is 0 Å². The number of rotatable bonds is 34. The Morgan fingerprint density at radius 1 is 0.395 bits per heavy atom. The Hall–Kier alpha value is 0.650. The molecule has 0 heterocycles. The monoisotopic (exact) mass is 650 g/mol. The summed E-state index contributed by atoms with van der Waals surface area (Å²) in [5.74, 6) is 0. The zero-order valence-corrected chi connectivity index (χ0v) is 28.6. The Balaban J connectivity index is 3.25. The molecule has 0 aliphatic heterocycles. The summed E-state index contributed by atoms with van der Waals surface area (Å²) in [6.45, 7) is 7.19. The average molecular weight is 651 g/mol. The zero-order valence-electron chi connectivity index (χ0n) is 26.4. The van der Waals surface area contributed by atoms with E-state index in [1.807, 2.05) is 0 Å². The Labute approximate surface area is 255 Å². The smallest absolute Gasteiger partial charge is 0.0897 e. The molecule has 0 spiro atoms. The Morgan fingerprint density at radius 3 is 1.00 bits per heavy atom. The van der Waals surface area contributed by atoms with Gasteiger partial charge in [0, 0.05) is 17.6 Å². The van der Waals surface area contributed by atoms with Gasteiger partial charge in [0.15, 0.2) is 0 Å². The van der Waals surface area contributed by atoms with Crippen LogP contribution in [-0.4, -0.2) is 30.4 Å². The van der Waals surface area contributed by atoms with E-state index in [1.165, 1.54) is 180 Å². The third kappa shape index (κ3) is 32.9. The van der Waals surface area contributed by atoms with E-state index in [-0.39, 0.29) is 6.10 Å². The first-order valence-electron chi connectivity index (χ1n) is 17.6. The molecule has 0 aliphatic rings. The fraction of sp³-hybridized carbons (Fsp3) is 1.00. The van der Waals surface area contributed by atoms with Gasteiger partial charge in [0.2, 0.25) is 0 Å². The van der Waals surface area contributed by atoms with Gasteiger partial charge in [-0.1, -0.05) is 203 Å². The van der Waals surface area contributed by atoms with E-state index in [0.717, 1.165) is 24.2 Å². The first-order valence-corrected chi connectivity index (χ1v) is 19.1. The number of hydrogen-bond donors (Lipinski definition) is 0. The van der Waals surface area contributed by atoms with Crippen molar-refractivity contribution >= 4 is 22.6 Å². The van der Waals surface area contributed by atoms with Gasteiger partial charge in [-0.05, 0) is 12.8 Å². The van der Waals surface area contributed by atoms with E-state index in [9.17, 15) is 0 Å². The lowest BCUT2D eigenvalue weighted by Crippen LogP contribution is -2.22. The summed E-state index contributed by atoms with van der Waals surface area (Å²) in [5, 5.41) is 0. The molecule has 38 heavy (non-hydrogen) atoms. The maximum Gasteiger partial charge on any atom is 0.0897 e. The third-order valence-corrected chi connectivity index (χ3v) is 8.95. The molecule has 0 amide bonds. The molecule has 0 aromatic carbocycles. The summed E-state index contributed by atoms with van der Waals surface area (Å²) in [6.07, 6.45) is 39.7. The van der Waals surface area contributed by atoms with Gasteiger partial charge in [0.05, 0.1) is 12.7 Å². The predicted octanol–water partition coefficient (Wildman–Crippen LogP) is 12.8. The number of ether oxygens (including phenoxy) is 2. The van der Waals surface area contributed by atoms with Crippen LogP contribution in [0, 0.1) is 0 Å². The van der Waals surface area contributed by atoms with Crippen LogP contribution < -0.4 is 0 Å². The van der Waals surface area contributed by atoms with Crippen LogP contribution >= 0.6 is 22.6 Å². The lowest BCUT2D eigenvalue weighted by molar-refractivity contribution is -0.00479. The maximum atomic E-state index is 6.09. The van der Waals surface area contributed by atoms with Gasteiger partial charge >= 0.3 is 0 Å². The number of alkyl halides is 1. The van der Waals surface area contributed by atoms with Crippen molar-refractivity contribution in [3.8, 4) is 0 Å². The molecule has 2 nitrogen and oxygen atoms in total. The van der Waals surface area contributed by atoms with Gasteiger partial charge < -0.3 is 9.47 Å². The van der Waals surface area contributed by atoms with E-state index in [4.69, 9.17) is 9.47 Å². The molecule has 1 atom stereocenters. The van der Waals surface area contributed by atoms with Crippen molar-refractivity contribution in [1.82, 2.24) is 0 Å². The molecular formula is C35H71IO2. The van der Waals surface area contributed by atoms with E-state index in [2.05, 4.69) is 36.4 Å². The molecule has 0 aliphatic carbocycles. The summed E-state index contributed by atoms with van der Waals surface area (Å²) in [5.41, 5.74) is 0. The summed E-state index contributed by atoms with van der Waals surface area (Å²) in [7, 11) is 0. The van der Waals surface area contributed by atoms with Gasteiger partial charge in [-0.2, -0.15) is 0 Å². The second-order valence-electron chi connectivity index (χ2n) is 11.9. The molecule has 0 rings (SSSR count). The maximum absolute atomic E-state index is 6.09. The molecule has 0 aromatic heterocycles. The lowest BCUT2D eigenvalue weighted by atomic mass is 10.0. The second kappa shape index (κ2) is 35.7. The molecule has 0 N–H and O–H groups in total. The van der Waals surface area contributed by atoms with E-state index >= 15 is 0 Å². The highest BCUT2D eigenvalue weighted by Crippen LogP contribution is 2.14. The Kier molecular flexibility index (Phi) is 36.3. The van der Waals surface area contributed by atoms with Crippen molar-refractivity contribution in [1.29, 1.82) is 0 Å². The van der Waals surface area contributed by atoms with Crippen molar-refractivity contribution in [2.75, 3.05) is 24.2 Å². The first-order chi connectivity index (χ1) is 18.8. The summed E-state index contributed by atoms with van der Waals surface area (Å²) < 4.78 is 13.1. The fourth-order valence-electron chi connectivity index (χ4n) is 5.30. The highest BCUT2D eigenvalue weighted by atomic mass is 127. The molecule has 3 heteroatoms. The lowest BCUT2D eigenvalue weighted by Gasteiger charge is -2.15.